The second-order valence-electron chi connectivity index (χ2n) is 6.14. The molecule has 0 unspecified atom stereocenters. The van der Waals surface area contributed by atoms with E-state index in [0.717, 1.165) is 21.4 Å². The summed E-state index contributed by atoms with van der Waals surface area (Å²) in [7, 11) is 0. The van der Waals surface area contributed by atoms with Crippen molar-refractivity contribution in [3.8, 4) is 0 Å². The first kappa shape index (κ1) is 18.2. The number of nitro groups is 1. The second kappa shape index (κ2) is 7.74. The highest BCUT2D eigenvalue weighted by Crippen LogP contribution is 2.22. The number of nitrogens with one attached hydrogen (secondary N) is 1. The molecule has 0 saturated carbocycles. The Morgan fingerprint density at radius 3 is 2.35 bits per heavy atom. The van der Waals surface area contributed by atoms with Gasteiger partial charge in [0.15, 0.2) is 0 Å². The average Bonchev–Trinajstić information content (AvgIpc) is 2.65. The zero-order valence-corrected chi connectivity index (χ0v) is 15.9. The maximum atomic E-state index is 12.4. The molecule has 1 heterocycles. The summed E-state index contributed by atoms with van der Waals surface area (Å²) in [5.74, 6) is 0. The maximum absolute atomic E-state index is 12.4. The molecule has 1 saturated heterocycles. The van der Waals surface area contributed by atoms with E-state index >= 15 is 0 Å². The van der Waals surface area contributed by atoms with Gasteiger partial charge >= 0.3 is 6.03 Å². The monoisotopic (exact) mass is 418 g/mol. The number of carbonyl (C=O) groups is 1. The third-order valence-corrected chi connectivity index (χ3v) is 5.27. The number of non-ortho nitro benzene ring substituents is 1. The van der Waals surface area contributed by atoms with Gasteiger partial charge in [0.05, 0.1) is 4.92 Å². The van der Waals surface area contributed by atoms with Crippen LogP contribution in [0.4, 0.5) is 21.9 Å². The highest BCUT2D eigenvalue weighted by molar-refractivity contribution is 9.10. The number of urea groups is 1. The quantitative estimate of drug-likeness (QED) is 0.602. The Morgan fingerprint density at radius 1 is 1.12 bits per heavy atom. The summed E-state index contributed by atoms with van der Waals surface area (Å²) in [5, 5.41) is 13.7. The maximum Gasteiger partial charge on any atom is 0.321 e. The van der Waals surface area contributed by atoms with E-state index in [1.54, 1.807) is 17.0 Å². The topological polar surface area (TPSA) is 78.7 Å². The van der Waals surface area contributed by atoms with Crippen LogP contribution in [0, 0.1) is 17.0 Å². The molecule has 3 rings (SSSR count). The van der Waals surface area contributed by atoms with Crippen molar-refractivity contribution in [1.29, 1.82) is 0 Å². The Hall–Kier alpha value is -2.61. The SMILES string of the molecule is Cc1ccc(NC(=O)N2CCN(c3ccc([N+](=O)[O-])cc3)CC2)cc1Br. The third-order valence-electron chi connectivity index (χ3n) is 4.42. The lowest BCUT2D eigenvalue weighted by Gasteiger charge is -2.36. The molecule has 0 bridgehead atoms. The predicted molar refractivity (Wildman–Crippen MR) is 105 cm³/mol. The Balaban J connectivity index is 1.56. The number of halogens is 1. The van der Waals surface area contributed by atoms with Gasteiger partial charge in [-0.1, -0.05) is 22.0 Å². The third kappa shape index (κ3) is 4.13. The summed E-state index contributed by atoms with van der Waals surface area (Å²) in [4.78, 5) is 26.7. The molecular formula is C18H19BrN4O3. The van der Waals surface area contributed by atoms with Crippen molar-refractivity contribution in [2.75, 3.05) is 36.4 Å². The minimum Gasteiger partial charge on any atom is -0.368 e. The number of rotatable bonds is 3. The lowest BCUT2D eigenvalue weighted by Crippen LogP contribution is -2.50. The van der Waals surface area contributed by atoms with Gasteiger partial charge in [0.25, 0.3) is 5.69 Å². The van der Waals surface area contributed by atoms with Gasteiger partial charge in [0, 0.05) is 54.2 Å². The minimum atomic E-state index is -0.407. The van der Waals surface area contributed by atoms with Crippen molar-refractivity contribution >= 4 is 39.0 Å². The molecule has 1 N–H and O–H groups in total. The molecule has 0 aliphatic carbocycles. The molecule has 1 aliphatic heterocycles. The van der Waals surface area contributed by atoms with Gasteiger partial charge in [0.1, 0.15) is 0 Å². The highest BCUT2D eigenvalue weighted by Gasteiger charge is 2.21. The van der Waals surface area contributed by atoms with Crippen LogP contribution in [0.2, 0.25) is 0 Å². The predicted octanol–water partition coefficient (Wildman–Crippen LogP) is 4.02. The number of aryl methyl sites for hydroxylation is 1. The number of piperazine rings is 1. The van der Waals surface area contributed by atoms with E-state index in [2.05, 4.69) is 26.1 Å². The lowest BCUT2D eigenvalue weighted by atomic mass is 10.2. The zero-order chi connectivity index (χ0) is 18.7. The van der Waals surface area contributed by atoms with Crippen LogP contribution in [-0.4, -0.2) is 42.0 Å². The number of amides is 2. The molecular weight excluding hydrogens is 400 g/mol. The van der Waals surface area contributed by atoms with Crippen molar-refractivity contribution in [2.24, 2.45) is 0 Å². The molecule has 26 heavy (non-hydrogen) atoms. The van der Waals surface area contributed by atoms with Crippen LogP contribution in [0.25, 0.3) is 0 Å². The van der Waals surface area contributed by atoms with E-state index in [1.165, 1.54) is 12.1 Å². The fraction of sp³-hybridized carbons (Fsp3) is 0.278. The molecule has 8 heteroatoms. The van der Waals surface area contributed by atoms with E-state index in [4.69, 9.17) is 0 Å². The molecule has 136 valence electrons. The number of hydrogen-bond acceptors (Lipinski definition) is 4. The molecule has 2 aromatic rings. The van der Waals surface area contributed by atoms with Gasteiger partial charge in [-0.3, -0.25) is 10.1 Å². The normalized spacial score (nSPS) is 14.2. The van der Waals surface area contributed by atoms with Crippen LogP contribution >= 0.6 is 15.9 Å². The van der Waals surface area contributed by atoms with Crippen molar-refractivity contribution in [3.05, 3.63) is 62.6 Å². The molecule has 2 aromatic carbocycles. The van der Waals surface area contributed by atoms with Crippen molar-refractivity contribution < 1.29 is 9.72 Å². The highest BCUT2D eigenvalue weighted by atomic mass is 79.9. The molecule has 1 fully saturated rings. The number of hydrogen-bond donors (Lipinski definition) is 1. The summed E-state index contributed by atoms with van der Waals surface area (Å²) in [6, 6.07) is 12.1. The smallest absolute Gasteiger partial charge is 0.321 e. The molecule has 7 nitrogen and oxygen atoms in total. The van der Waals surface area contributed by atoms with E-state index in [-0.39, 0.29) is 11.7 Å². The summed E-state index contributed by atoms with van der Waals surface area (Å²) in [6.45, 7) is 4.55. The summed E-state index contributed by atoms with van der Waals surface area (Å²) in [6.07, 6.45) is 0. The van der Waals surface area contributed by atoms with Crippen LogP contribution in [0.5, 0.6) is 0 Å². The minimum absolute atomic E-state index is 0.0797. The molecule has 0 spiro atoms. The van der Waals surface area contributed by atoms with Crippen LogP contribution in [0.1, 0.15) is 5.56 Å². The molecule has 1 aliphatic rings. The Bertz CT molecular complexity index is 818. The van der Waals surface area contributed by atoms with Gasteiger partial charge in [-0.05, 0) is 36.8 Å². The van der Waals surface area contributed by atoms with E-state index in [0.29, 0.717) is 26.2 Å². The van der Waals surface area contributed by atoms with Gasteiger partial charge in [-0.2, -0.15) is 0 Å². The summed E-state index contributed by atoms with van der Waals surface area (Å²) < 4.78 is 0.957. The molecule has 0 atom stereocenters. The molecule has 0 aromatic heterocycles. The Kier molecular flexibility index (Phi) is 5.41. The second-order valence-corrected chi connectivity index (χ2v) is 7.00. The number of carbonyl (C=O) groups excluding carboxylic acids is 1. The van der Waals surface area contributed by atoms with E-state index < -0.39 is 4.92 Å². The average molecular weight is 419 g/mol. The van der Waals surface area contributed by atoms with E-state index in [1.807, 2.05) is 25.1 Å². The van der Waals surface area contributed by atoms with Crippen molar-refractivity contribution in [3.63, 3.8) is 0 Å². The summed E-state index contributed by atoms with van der Waals surface area (Å²) in [5.41, 5.74) is 2.87. The van der Waals surface area contributed by atoms with Crippen LogP contribution < -0.4 is 10.2 Å². The number of anilines is 2. The van der Waals surface area contributed by atoms with E-state index in [9.17, 15) is 14.9 Å². The van der Waals surface area contributed by atoms with Gasteiger partial charge < -0.3 is 15.1 Å². The number of nitrogens with zero attached hydrogens (tertiary/aromatic N) is 3. The van der Waals surface area contributed by atoms with Crippen LogP contribution in [-0.2, 0) is 0 Å². The first-order chi connectivity index (χ1) is 12.4. The zero-order valence-electron chi connectivity index (χ0n) is 14.3. The van der Waals surface area contributed by atoms with Crippen LogP contribution in [0.3, 0.4) is 0 Å². The van der Waals surface area contributed by atoms with Gasteiger partial charge in [0.2, 0.25) is 0 Å². The molecule has 0 radical (unpaired) electrons. The number of benzene rings is 2. The van der Waals surface area contributed by atoms with Gasteiger partial charge in [-0.15, -0.1) is 0 Å². The first-order valence-electron chi connectivity index (χ1n) is 8.25. The molecule has 2 amide bonds. The first-order valence-corrected chi connectivity index (χ1v) is 9.05. The standard InChI is InChI=1S/C18H19BrN4O3/c1-13-2-3-14(12-17(13)19)20-18(24)22-10-8-21(9-11-22)15-4-6-16(7-5-15)23(25)26/h2-7,12H,8-11H2,1H3,(H,20,24). The van der Waals surface area contributed by atoms with Crippen molar-refractivity contribution in [2.45, 2.75) is 6.92 Å². The lowest BCUT2D eigenvalue weighted by molar-refractivity contribution is -0.384. The largest absolute Gasteiger partial charge is 0.368 e. The van der Waals surface area contributed by atoms with Crippen molar-refractivity contribution in [1.82, 2.24) is 4.90 Å². The Morgan fingerprint density at radius 2 is 1.77 bits per heavy atom. The van der Waals surface area contributed by atoms with Crippen LogP contribution in [0.15, 0.2) is 46.9 Å². The Labute approximate surface area is 159 Å². The fourth-order valence-corrected chi connectivity index (χ4v) is 3.20. The summed E-state index contributed by atoms with van der Waals surface area (Å²) >= 11 is 3.47. The fourth-order valence-electron chi connectivity index (χ4n) is 2.83. The number of nitro benzene ring substituents is 1. The van der Waals surface area contributed by atoms with Gasteiger partial charge in [-0.25, -0.2) is 4.79 Å².